The van der Waals surface area contributed by atoms with E-state index in [1.165, 1.54) is 18.4 Å². The second-order valence-corrected chi connectivity index (χ2v) is 5.99. The first kappa shape index (κ1) is 14.3. The normalized spacial score (nSPS) is 18.2. The van der Waals surface area contributed by atoms with Gasteiger partial charge in [-0.2, -0.15) is 0 Å². The van der Waals surface area contributed by atoms with Crippen molar-refractivity contribution >= 4 is 16.9 Å². The van der Waals surface area contributed by atoms with Crippen LogP contribution >= 0.6 is 11.8 Å². The second kappa shape index (κ2) is 7.43. The first-order valence-corrected chi connectivity index (χ1v) is 7.77. The van der Waals surface area contributed by atoms with Crippen LogP contribution in [0.4, 0.5) is 0 Å². The molecule has 104 valence electrons. The highest BCUT2D eigenvalue weighted by atomic mass is 32.2. The molecule has 3 nitrogen and oxygen atoms in total. The quantitative estimate of drug-likeness (QED) is 0.868. The Balaban J connectivity index is 1.69. The largest absolute Gasteiger partial charge is 0.497 e. The maximum Gasteiger partial charge on any atom is 0.156 e. The lowest BCUT2D eigenvalue weighted by Crippen LogP contribution is -2.22. The van der Waals surface area contributed by atoms with E-state index in [0.29, 0.717) is 5.25 Å². The van der Waals surface area contributed by atoms with Crippen molar-refractivity contribution in [3.05, 3.63) is 29.8 Å². The number of ether oxygens (including phenoxy) is 1. The fourth-order valence-electron chi connectivity index (χ4n) is 2.09. The molecule has 19 heavy (non-hydrogen) atoms. The van der Waals surface area contributed by atoms with Gasteiger partial charge in [0.2, 0.25) is 0 Å². The number of rotatable bonds is 6. The highest BCUT2D eigenvalue weighted by molar-refractivity contribution is 8.14. The van der Waals surface area contributed by atoms with Crippen molar-refractivity contribution in [2.75, 3.05) is 20.2 Å². The molecule has 0 saturated heterocycles. The number of nitrogens with zero attached hydrogens (tertiary/aromatic N) is 1. The van der Waals surface area contributed by atoms with Gasteiger partial charge in [0.1, 0.15) is 5.75 Å². The first-order valence-electron chi connectivity index (χ1n) is 6.89. The molecule has 0 fully saturated rings. The van der Waals surface area contributed by atoms with Crippen molar-refractivity contribution in [2.45, 2.75) is 31.4 Å². The van der Waals surface area contributed by atoms with E-state index in [0.717, 1.165) is 30.4 Å². The Labute approximate surface area is 119 Å². The molecule has 0 amide bonds. The topological polar surface area (TPSA) is 33.6 Å². The molecular formula is C15H22N2OS. The molecule has 0 aliphatic carbocycles. The second-order valence-electron chi connectivity index (χ2n) is 4.70. The number of thioether (sulfide) groups is 1. The van der Waals surface area contributed by atoms with E-state index in [1.807, 2.05) is 23.9 Å². The number of methoxy groups -OCH3 is 1. The molecule has 1 aliphatic rings. The molecule has 2 rings (SSSR count). The fourth-order valence-corrected chi connectivity index (χ4v) is 3.25. The number of aliphatic imine (C=N–C) groups is 1. The van der Waals surface area contributed by atoms with Crippen LogP contribution in [-0.4, -0.2) is 30.6 Å². The van der Waals surface area contributed by atoms with Gasteiger partial charge in [-0.05, 0) is 30.5 Å². The molecule has 1 N–H and O–H groups in total. The van der Waals surface area contributed by atoms with E-state index in [9.17, 15) is 0 Å². The standard InChI is InChI=1S/C15H22N2OS/c1-3-4-14-11-17-15(19-14)16-10-9-12-5-7-13(18-2)8-6-12/h5-8,14H,3-4,9-11H2,1-2H3,(H,16,17). The molecule has 1 aliphatic heterocycles. The van der Waals surface area contributed by atoms with E-state index in [2.05, 4.69) is 29.4 Å². The van der Waals surface area contributed by atoms with E-state index < -0.39 is 0 Å². The Morgan fingerprint density at radius 1 is 1.37 bits per heavy atom. The van der Waals surface area contributed by atoms with Crippen molar-refractivity contribution in [2.24, 2.45) is 4.99 Å². The number of hydrogen-bond acceptors (Lipinski definition) is 4. The van der Waals surface area contributed by atoms with Crippen LogP contribution in [0.1, 0.15) is 25.3 Å². The maximum absolute atomic E-state index is 5.15. The van der Waals surface area contributed by atoms with Gasteiger partial charge >= 0.3 is 0 Å². The Kier molecular flexibility index (Phi) is 5.58. The number of hydrogen-bond donors (Lipinski definition) is 1. The molecule has 0 saturated carbocycles. The predicted molar refractivity (Wildman–Crippen MR) is 83.3 cm³/mol. The molecule has 4 heteroatoms. The van der Waals surface area contributed by atoms with Crippen LogP contribution in [0.3, 0.4) is 0 Å². The molecule has 1 unspecified atom stereocenters. The van der Waals surface area contributed by atoms with Crippen LogP contribution < -0.4 is 10.1 Å². The minimum atomic E-state index is 0.688. The van der Waals surface area contributed by atoms with E-state index in [1.54, 1.807) is 7.11 Å². The minimum absolute atomic E-state index is 0.688. The Morgan fingerprint density at radius 2 is 2.16 bits per heavy atom. The van der Waals surface area contributed by atoms with E-state index in [-0.39, 0.29) is 0 Å². The zero-order chi connectivity index (χ0) is 13.5. The van der Waals surface area contributed by atoms with Crippen LogP contribution in [0.25, 0.3) is 0 Å². The SMILES string of the molecule is CCCC1CN=C(NCCc2ccc(OC)cc2)S1. The summed E-state index contributed by atoms with van der Waals surface area (Å²) in [6.45, 7) is 4.15. The third-order valence-electron chi connectivity index (χ3n) is 3.18. The summed E-state index contributed by atoms with van der Waals surface area (Å²) in [6, 6.07) is 8.25. The van der Waals surface area contributed by atoms with Gasteiger partial charge in [-0.3, -0.25) is 4.99 Å². The van der Waals surface area contributed by atoms with E-state index >= 15 is 0 Å². The summed E-state index contributed by atoms with van der Waals surface area (Å²) in [5.74, 6) is 0.912. The summed E-state index contributed by atoms with van der Waals surface area (Å²) in [7, 11) is 1.69. The Bertz CT molecular complexity index is 417. The highest BCUT2D eigenvalue weighted by Crippen LogP contribution is 2.23. The maximum atomic E-state index is 5.15. The molecule has 1 aromatic carbocycles. The average molecular weight is 278 g/mol. The van der Waals surface area contributed by atoms with Gasteiger partial charge in [0.05, 0.1) is 13.7 Å². The van der Waals surface area contributed by atoms with Gasteiger partial charge < -0.3 is 10.1 Å². The van der Waals surface area contributed by atoms with Crippen LogP contribution in [0.15, 0.2) is 29.3 Å². The Hall–Kier alpha value is -1.16. The van der Waals surface area contributed by atoms with Crippen molar-refractivity contribution in [3.63, 3.8) is 0 Å². The molecule has 0 radical (unpaired) electrons. The molecular weight excluding hydrogens is 256 g/mol. The number of benzene rings is 1. The summed E-state index contributed by atoms with van der Waals surface area (Å²) in [5.41, 5.74) is 1.32. The summed E-state index contributed by atoms with van der Waals surface area (Å²) < 4.78 is 5.15. The summed E-state index contributed by atoms with van der Waals surface area (Å²) in [6.07, 6.45) is 3.52. The lowest BCUT2D eigenvalue weighted by atomic mass is 10.1. The van der Waals surface area contributed by atoms with Crippen molar-refractivity contribution in [3.8, 4) is 5.75 Å². The van der Waals surface area contributed by atoms with Crippen LogP contribution in [-0.2, 0) is 6.42 Å². The third kappa shape index (κ3) is 4.46. The minimum Gasteiger partial charge on any atom is -0.497 e. The lowest BCUT2D eigenvalue weighted by Gasteiger charge is -2.08. The van der Waals surface area contributed by atoms with Gasteiger partial charge in [-0.15, -0.1) is 0 Å². The van der Waals surface area contributed by atoms with Crippen molar-refractivity contribution in [1.29, 1.82) is 0 Å². The highest BCUT2D eigenvalue weighted by Gasteiger charge is 2.17. The first-order chi connectivity index (χ1) is 9.31. The van der Waals surface area contributed by atoms with Crippen LogP contribution in [0.5, 0.6) is 5.75 Å². The monoisotopic (exact) mass is 278 g/mol. The Morgan fingerprint density at radius 3 is 2.84 bits per heavy atom. The average Bonchev–Trinajstić information content (AvgIpc) is 2.88. The molecule has 0 spiro atoms. The van der Waals surface area contributed by atoms with Crippen LogP contribution in [0, 0.1) is 0 Å². The fraction of sp³-hybridized carbons (Fsp3) is 0.533. The van der Waals surface area contributed by atoms with Gasteiger partial charge in [-0.25, -0.2) is 0 Å². The van der Waals surface area contributed by atoms with Gasteiger partial charge in [0.25, 0.3) is 0 Å². The predicted octanol–water partition coefficient (Wildman–Crippen LogP) is 3.10. The van der Waals surface area contributed by atoms with Gasteiger partial charge in [0.15, 0.2) is 5.17 Å². The zero-order valence-corrected chi connectivity index (χ0v) is 12.5. The molecule has 1 heterocycles. The van der Waals surface area contributed by atoms with Crippen molar-refractivity contribution in [1.82, 2.24) is 5.32 Å². The number of amidine groups is 1. The molecule has 0 aromatic heterocycles. The molecule has 1 atom stereocenters. The third-order valence-corrected chi connectivity index (χ3v) is 4.39. The van der Waals surface area contributed by atoms with Crippen LogP contribution in [0.2, 0.25) is 0 Å². The summed E-state index contributed by atoms with van der Waals surface area (Å²) in [4.78, 5) is 4.54. The summed E-state index contributed by atoms with van der Waals surface area (Å²) in [5, 5.41) is 5.23. The summed E-state index contributed by atoms with van der Waals surface area (Å²) >= 11 is 1.90. The smallest absolute Gasteiger partial charge is 0.156 e. The number of nitrogens with one attached hydrogen (secondary N) is 1. The van der Waals surface area contributed by atoms with E-state index in [4.69, 9.17) is 4.74 Å². The van der Waals surface area contributed by atoms with Crippen molar-refractivity contribution < 1.29 is 4.74 Å². The zero-order valence-electron chi connectivity index (χ0n) is 11.7. The lowest BCUT2D eigenvalue weighted by molar-refractivity contribution is 0.414. The van der Waals surface area contributed by atoms with Gasteiger partial charge in [-0.1, -0.05) is 37.2 Å². The van der Waals surface area contributed by atoms with Gasteiger partial charge in [0, 0.05) is 11.8 Å². The molecule has 0 bridgehead atoms. The molecule has 1 aromatic rings.